The standard InChI is InChI=1S/C32H30ClFN4O2/c1-18-12-20(17-40-22-9-7-21(34)8-10-22)19(2)23(13-18)28-24(16-35)31(36)38(25-6-5-11-37-30(25)33)26-14-32(3,4)15-27(39)29(26)28/h5-13,28H,14-15,17,36H2,1-4H3. The largest absolute Gasteiger partial charge is 0.489 e. The molecule has 1 aliphatic carbocycles. The van der Waals surface area contributed by atoms with Crippen molar-refractivity contribution < 1.29 is 13.9 Å². The Kier molecular flexibility index (Phi) is 7.16. The molecule has 0 spiro atoms. The Balaban J connectivity index is 1.67. The first-order valence-corrected chi connectivity index (χ1v) is 13.4. The van der Waals surface area contributed by atoms with Crippen molar-refractivity contribution in [2.24, 2.45) is 11.1 Å². The number of carbonyl (C=O) groups is 1. The second-order valence-electron chi connectivity index (χ2n) is 11.2. The molecule has 3 aromatic rings. The number of allylic oxidation sites excluding steroid dienone is 3. The normalized spacial score (nSPS) is 18.5. The Morgan fingerprint density at radius 2 is 1.93 bits per heavy atom. The van der Waals surface area contributed by atoms with Gasteiger partial charge in [-0.2, -0.15) is 5.26 Å². The average Bonchev–Trinajstić information content (AvgIpc) is 2.89. The van der Waals surface area contributed by atoms with E-state index in [1.165, 1.54) is 12.1 Å². The summed E-state index contributed by atoms with van der Waals surface area (Å²) in [6.45, 7) is 8.27. The quantitative estimate of drug-likeness (QED) is 0.340. The van der Waals surface area contributed by atoms with Gasteiger partial charge < -0.3 is 10.5 Å². The molecule has 40 heavy (non-hydrogen) atoms. The van der Waals surface area contributed by atoms with E-state index in [-0.39, 0.29) is 40.2 Å². The molecule has 2 aromatic carbocycles. The monoisotopic (exact) mass is 556 g/mol. The molecule has 0 radical (unpaired) electrons. The third-order valence-corrected chi connectivity index (χ3v) is 7.87. The number of ketones is 1. The van der Waals surface area contributed by atoms with Crippen LogP contribution in [0, 0.1) is 36.4 Å². The van der Waals surface area contributed by atoms with Crippen molar-refractivity contribution in [1.82, 2.24) is 4.98 Å². The molecular formula is C32H30ClFN4O2. The Hall–Kier alpha value is -4.15. The number of aryl methyl sites for hydroxylation is 1. The molecular weight excluding hydrogens is 527 g/mol. The molecule has 1 atom stereocenters. The van der Waals surface area contributed by atoms with Crippen LogP contribution in [0.2, 0.25) is 5.15 Å². The summed E-state index contributed by atoms with van der Waals surface area (Å²) in [4.78, 5) is 19.9. The second kappa shape index (κ2) is 10.4. The smallest absolute Gasteiger partial charge is 0.162 e. The first kappa shape index (κ1) is 27.4. The lowest BCUT2D eigenvalue weighted by Crippen LogP contribution is -2.42. The molecule has 8 heteroatoms. The van der Waals surface area contributed by atoms with Crippen LogP contribution in [0.15, 0.2) is 77.4 Å². The fraction of sp³-hybridized carbons (Fsp3) is 0.281. The number of hydrogen-bond acceptors (Lipinski definition) is 6. The summed E-state index contributed by atoms with van der Waals surface area (Å²) in [5, 5.41) is 10.7. The van der Waals surface area contributed by atoms with Gasteiger partial charge in [-0.1, -0.05) is 43.1 Å². The fourth-order valence-electron chi connectivity index (χ4n) is 5.74. The second-order valence-corrected chi connectivity index (χ2v) is 11.5. The maximum atomic E-state index is 13.9. The highest BCUT2D eigenvalue weighted by molar-refractivity contribution is 6.32. The molecule has 204 valence electrons. The van der Waals surface area contributed by atoms with Crippen molar-refractivity contribution in [2.75, 3.05) is 4.90 Å². The minimum absolute atomic E-state index is 0.0217. The van der Waals surface area contributed by atoms with Gasteiger partial charge >= 0.3 is 0 Å². The SMILES string of the molecule is Cc1cc(COc2ccc(F)cc2)c(C)c(C2C(C#N)=C(N)N(c3cccnc3Cl)C3=C2C(=O)CC(C)(C)C3)c1. The minimum atomic E-state index is -0.639. The highest BCUT2D eigenvalue weighted by atomic mass is 35.5. The van der Waals surface area contributed by atoms with Gasteiger partial charge in [0.15, 0.2) is 10.9 Å². The maximum absolute atomic E-state index is 13.9. The van der Waals surface area contributed by atoms with Gasteiger partial charge in [-0.25, -0.2) is 9.37 Å². The number of carbonyl (C=O) groups excluding carboxylic acids is 1. The first-order valence-electron chi connectivity index (χ1n) is 13.1. The highest BCUT2D eigenvalue weighted by Gasteiger charge is 2.45. The Bertz CT molecular complexity index is 1620. The van der Waals surface area contributed by atoms with Gasteiger partial charge in [-0.05, 0) is 78.8 Å². The number of nitriles is 1. The number of anilines is 1. The van der Waals surface area contributed by atoms with Crippen molar-refractivity contribution in [1.29, 1.82) is 5.26 Å². The summed E-state index contributed by atoms with van der Waals surface area (Å²) in [5.74, 6) is -0.219. The van der Waals surface area contributed by atoms with Crippen LogP contribution in [0.3, 0.4) is 0 Å². The van der Waals surface area contributed by atoms with Crippen LogP contribution in [0.25, 0.3) is 0 Å². The minimum Gasteiger partial charge on any atom is -0.489 e. The van der Waals surface area contributed by atoms with Crippen LogP contribution in [0.4, 0.5) is 10.1 Å². The van der Waals surface area contributed by atoms with E-state index < -0.39 is 5.92 Å². The zero-order valence-electron chi connectivity index (χ0n) is 22.9. The van der Waals surface area contributed by atoms with Crippen molar-refractivity contribution in [2.45, 2.75) is 53.1 Å². The highest BCUT2D eigenvalue weighted by Crippen LogP contribution is 2.51. The van der Waals surface area contributed by atoms with Gasteiger partial charge in [-0.3, -0.25) is 9.69 Å². The zero-order valence-corrected chi connectivity index (χ0v) is 23.6. The molecule has 1 aromatic heterocycles. The van der Waals surface area contributed by atoms with Gasteiger partial charge in [0.1, 0.15) is 24.0 Å². The van der Waals surface area contributed by atoms with Crippen molar-refractivity contribution in [3.8, 4) is 11.8 Å². The van der Waals surface area contributed by atoms with Crippen LogP contribution in [-0.2, 0) is 11.4 Å². The Morgan fingerprint density at radius 1 is 1.20 bits per heavy atom. The van der Waals surface area contributed by atoms with E-state index in [0.29, 0.717) is 29.9 Å². The number of pyridine rings is 1. The lowest BCUT2D eigenvalue weighted by molar-refractivity contribution is -0.118. The van der Waals surface area contributed by atoms with Crippen LogP contribution >= 0.6 is 11.6 Å². The Labute approximate surface area is 238 Å². The van der Waals surface area contributed by atoms with Crippen LogP contribution in [0.1, 0.15) is 54.9 Å². The van der Waals surface area contributed by atoms with E-state index >= 15 is 0 Å². The number of ether oxygens (including phenoxy) is 1. The van der Waals surface area contributed by atoms with E-state index in [9.17, 15) is 14.4 Å². The summed E-state index contributed by atoms with van der Waals surface area (Å²) >= 11 is 6.51. The van der Waals surface area contributed by atoms with Gasteiger partial charge in [0.05, 0.1) is 23.2 Å². The molecule has 0 fully saturated rings. The maximum Gasteiger partial charge on any atom is 0.162 e. The number of aromatic nitrogens is 1. The van der Waals surface area contributed by atoms with Crippen LogP contribution in [0.5, 0.6) is 5.75 Å². The summed E-state index contributed by atoms with van der Waals surface area (Å²) in [7, 11) is 0. The molecule has 5 rings (SSSR count). The summed E-state index contributed by atoms with van der Waals surface area (Å²) < 4.78 is 19.3. The van der Waals surface area contributed by atoms with Crippen molar-refractivity contribution in [3.05, 3.63) is 111 Å². The number of Topliss-reactive ketones (excluding diaryl/α,β-unsaturated/α-hetero) is 1. The third-order valence-electron chi connectivity index (χ3n) is 7.58. The number of nitrogens with two attached hydrogens (primary N) is 1. The van der Waals surface area contributed by atoms with E-state index in [1.54, 1.807) is 35.4 Å². The molecule has 6 nitrogen and oxygen atoms in total. The van der Waals surface area contributed by atoms with E-state index in [4.69, 9.17) is 22.1 Å². The van der Waals surface area contributed by atoms with Crippen molar-refractivity contribution in [3.63, 3.8) is 0 Å². The molecule has 0 bridgehead atoms. The van der Waals surface area contributed by atoms with Crippen LogP contribution in [-0.4, -0.2) is 10.8 Å². The van der Waals surface area contributed by atoms with Gasteiger partial charge in [0, 0.05) is 23.9 Å². The number of halogens is 2. The van der Waals surface area contributed by atoms with E-state index in [0.717, 1.165) is 28.0 Å². The van der Waals surface area contributed by atoms with Crippen LogP contribution < -0.4 is 15.4 Å². The molecule has 0 saturated carbocycles. The molecule has 1 unspecified atom stereocenters. The molecule has 1 aliphatic heterocycles. The Morgan fingerprint density at radius 3 is 2.60 bits per heavy atom. The topological polar surface area (TPSA) is 92.2 Å². The molecule has 0 amide bonds. The average molecular weight is 557 g/mol. The third kappa shape index (κ3) is 4.96. The lowest BCUT2D eigenvalue weighted by Gasteiger charge is -2.44. The molecule has 2 aliphatic rings. The fourth-order valence-corrected chi connectivity index (χ4v) is 5.95. The number of rotatable bonds is 5. The lowest BCUT2D eigenvalue weighted by atomic mass is 9.68. The number of benzene rings is 2. The summed E-state index contributed by atoms with van der Waals surface area (Å²) in [6, 6.07) is 15.8. The predicted molar refractivity (Wildman–Crippen MR) is 153 cm³/mol. The molecule has 0 saturated heterocycles. The summed E-state index contributed by atoms with van der Waals surface area (Å²) in [5.41, 5.74) is 12.2. The predicted octanol–water partition coefficient (Wildman–Crippen LogP) is 7.01. The molecule has 2 N–H and O–H groups in total. The number of hydrogen-bond donors (Lipinski definition) is 1. The zero-order chi connectivity index (χ0) is 28.8. The number of nitrogens with zero attached hydrogens (tertiary/aromatic N) is 3. The summed E-state index contributed by atoms with van der Waals surface area (Å²) in [6.07, 6.45) is 2.50. The molecule has 2 heterocycles. The van der Waals surface area contributed by atoms with E-state index in [2.05, 4.69) is 24.9 Å². The van der Waals surface area contributed by atoms with Gasteiger partial charge in [0.2, 0.25) is 0 Å². The van der Waals surface area contributed by atoms with Gasteiger partial charge in [0.25, 0.3) is 0 Å². The van der Waals surface area contributed by atoms with E-state index in [1.807, 2.05) is 26.0 Å². The first-order chi connectivity index (χ1) is 19.0. The van der Waals surface area contributed by atoms with Gasteiger partial charge in [-0.15, -0.1) is 0 Å². The van der Waals surface area contributed by atoms with Crippen molar-refractivity contribution >= 4 is 23.1 Å².